The SMILES string of the molecule is CC(C)(C)C(CCCl)NC(=O)C1CCCCCCC1. The Bertz CT molecular complexity index is 264. The first-order valence-electron chi connectivity index (χ1n) is 7.81. The van der Waals surface area contributed by atoms with E-state index in [-0.39, 0.29) is 23.3 Å². The minimum Gasteiger partial charge on any atom is -0.353 e. The maximum Gasteiger partial charge on any atom is 0.223 e. The molecular formula is C16H30ClNO. The first kappa shape index (κ1) is 16.8. The Morgan fingerprint density at radius 3 is 2.16 bits per heavy atom. The summed E-state index contributed by atoms with van der Waals surface area (Å²) in [4.78, 5) is 12.4. The number of hydrogen-bond donors (Lipinski definition) is 1. The van der Waals surface area contributed by atoms with Crippen LogP contribution < -0.4 is 5.32 Å². The number of alkyl halides is 1. The lowest BCUT2D eigenvalue weighted by molar-refractivity contribution is -0.127. The molecule has 1 amide bonds. The summed E-state index contributed by atoms with van der Waals surface area (Å²) in [5, 5.41) is 3.25. The standard InChI is InChI=1S/C16H30ClNO/c1-16(2,3)14(11-12-17)18-15(19)13-9-7-5-4-6-8-10-13/h13-14H,4-12H2,1-3H3,(H,18,19). The number of hydrogen-bond acceptors (Lipinski definition) is 1. The van der Waals surface area contributed by atoms with Gasteiger partial charge in [0, 0.05) is 17.8 Å². The van der Waals surface area contributed by atoms with Crippen molar-refractivity contribution in [2.24, 2.45) is 11.3 Å². The molecule has 1 saturated carbocycles. The van der Waals surface area contributed by atoms with Crippen molar-refractivity contribution in [1.29, 1.82) is 0 Å². The normalized spacial score (nSPS) is 20.4. The molecule has 1 N–H and O–H groups in total. The van der Waals surface area contributed by atoms with Gasteiger partial charge in [-0.15, -0.1) is 11.6 Å². The highest BCUT2D eigenvalue weighted by molar-refractivity contribution is 6.17. The molecule has 112 valence electrons. The fourth-order valence-electron chi connectivity index (χ4n) is 2.84. The van der Waals surface area contributed by atoms with Gasteiger partial charge in [0.15, 0.2) is 0 Å². The number of rotatable bonds is 4. The second kappa shape index (κ2) is 8.14. The van der Waals surface area contributed by atoms with Crippen LogP contribution in [0.4, 0.5) is 0 Å². The van der Waals surface area contributed by atoms with Crippen LogP contribution in [0.25, 0.3) is 0 Å². The lowest BCUT2D eigenvalue weighted by atomic mass is 9.84. The second-order valence-corrected chi connectivity index (χ2v) is 7.32. The molecule has 1 fully saturated rings. The van der Waals surface area contributed by atoms with Crippen molar-refractivity contribution in [3.8, 4) is 0 Å². The number of amides is 1. The molecule has 0 aromatic rings. The van der Waals surface area contributed by atoms with Gasteiger partial charge in [-0.25, -0.2) is 0 Å². The summed E-state index contributed by atoms with van der Waals surface area (Å²) < 4.78 is 0. The fourth-order valence-corrected chi connectivity index (χ4v) is 3.06. The average molecular weight is 288 g/mol. The van der Waals surface area contributed by atoms with Gasteiger partial charge in [-0.2, -0.15) is 0 Å². The van der Waals surface area contributed by atoms with E-state index in [2.05, 4.69) is 26.1 Å². The van der Waals surface area contributed by atoms with E-state index in [0.29, 0.717) is 5.88 Å². The van der Waals surface area contributed by atoms with Gasteiger partial charge in [0.2, 0.25) is 5.91 Å². The van der Waals surface area contributed by atoms with Crippen LogP contribution in [-0.2, 0) is 4.79 Å². The fraction of sp³-hybridized carbons (Fsp3) is 0.938. The maximum atomic E-state index is 12.4. The molecule has 1 atom stereocenters. The first-order chi connectivity index (χ1) is 8.95. The predicted octanol–water partition coefficient (Wildman–Crippen LogP) is 4.51. The van der Waals surface area contributed by atoms with Crippen LogP contribution in [0.2, 0.25) is 0 Å². The van der Waals surface area contributed by atoms with E-state index in [1.807, 2.05) is 0 Å². The highest BCUT2D eigenvalue weighted by Crippen LogP contribution is 2.26. The number of carbonyl (C=O) groups excluding carboxylic acids is 1. The number of carbonyl (C=O) groups is 1. The molecule has 1 unspecified atom stereocenters. The number of nitrogens with one attached hydrogen (secondary N) is 1. The maximum absolute atomic E-state index is 12.4. The molecule has 0 aromatic heterocycles. The highest BCUT2D eigenvalue weighted by atomic mass is 35.5. The molecule has 1 rings (SSSR count). The third kappa shape index (κ3) is 6.16. The van der Waals surface area contributed by atoms with Gasteiger partial charge >= 0.3 is 0 Å². The van der Waals surface area contributed by atoms with Gasteiger partial charge in [-0.3, -0.25) is 4.79 Å². The molecule has 19 heavy (non-hydrogen) atoms. The Labute approximate surface area is 123 Å². The van der Waals surface area contributed by atoms with Gasteiger partial charge in [0.1, 0.15) is 0 Å². The lowest BCUT2D eigenvalue weighted by Crippen LogP contribution is -2.46. The summed E-state index contributed by atoms with van der Waals surface area (Å²) in [6.45, 7) is 6.51. The van der Waals surface area contributed by atoms with Crippen LogP contribution in [0.5, 0.6) is 0 Å². The van der Waals surface area contributed by atoms with Crippen molar-refractivity contribution in [3.05, 3.63) is 0 Å². The van der Waals surface area contributed by atoms with Crippen LogP contribution in [0, 0.1) is 11.3 Å². The smallest absolute Gasteiger partial charge is 0.223 e. The molecule has 0 aliphatic heterocycles. The topological polar surface area (TPSA) is 29.1 Å². The quantitative estimate of drug-likeness (QED) is 0.758. The van der Waals surface area contributed by atoms with E-state index in [4.69, 9.17) is 11.6 Å². The molecule has 0 spiro atoms. The summed E-state index contributed by atoms with van der Waals surface area (Å²) in [6, 6.07) is 0.183. The molecular weight excluding hydrogens is 258 g/mol. The molecule has 0 saturated heterocycles. The van der Waals surface area contributed by atoms with Gasteiger partial charge < -0.3 is 5.32 Å². The summed E-state index contributed by atoms with van der Waals surface area (Å²) >= 11 is 5.87. The van der Waals surface area contributed by atoms with Crippen LogP contribution in [-0.4, -0.2) is 17.8 Å². The van der Waals surface area contributed by atoms with Crippen LogP contribution >= 0.6 is 11.6 Å². The average Bonchev–Trinajstić information content (AvgIpc) is 2.26. The van der Waals surface area contributed by atoms with Gasteiger partial charge in [-0.1, -0.05) is 52.9 Å². The van der Waals surface area contributed by atoms with Crippen molar-refractivity contribution in [2.75, 3.05) is 5.88 Å². The van der Waals surface area contributed by atoms with Crippen molar-refractivity contribution < 1.29 is 4.79 Å². The van der Waals surface area contributed by atoms with Crippen molar-refractivity contribution >= 4 is 17.5 Å². The van der Waals surface area contributed by atoms with E-state index >= 15 is 0 Å². The van der Waals surface area contributed by atoms with E-state index in [1.165, 1.54) is 32.1 Å². The Morgan fingerprint density at radius 1 is 1.16 bits per heavy atom. The van der Waals surface area contributed by atoms with Gasteiger partial charge in [-0.05, 0) is 24.7 Å². The Morgan fingerprint density at radius 2 is 1.68 bits per heavy atom. The molecule has 1 aliphatic carbocycles. The monoisotopic (exact) mass is 287 g/mol. The predicted molar refractivity (Wildman–Crippen MR) is 82.5 cm³/mol. The number of halogens is 1. The Kier molecular flexibility index (Phi) is 7.20. The minimum atomic E-state index is 0.0756. The Balaban J connectivity index is 2.54. The van der Waals surface area contributed by atoms with Crippen molar-refractivity contribution in [2.45, 2.75) is 78.2 Å². The summed E-state index contributed by atoms with van der Waals surface area (Å²) in [5.41, 5.74) is 0.0756. The molecule has 0 radical (unpaired) electrons. The minimum absolute atomic E-state index is 0.0756. The largest absolute Gasteiger partial charge is 0.353 e. The summed E-state index contributed by atoms with van der Waals surface area (Å²) in [7, 11) is 0. The van der Waals surface area contributed by atoms with E-state index in [9.17, 15) is 4.79 Å². The third-order valence-corrected chi connectivity index (χ3v) is 4.45. The zero-order valence-electron chi connectivity index (χ0n) is 12.8. The molecule has 1 aliphatic rings. The van der Waals surface area contributed by atoms with Crippen LogP contribution in [0.3, 0.4) is 0 Å². The molecule has 3 heteroatoms. The third-order valence-electron chi connectivity index (χ3n) is 4.24. The molecule has 0 bridgehead atoms. The zero-order chi connectivity index (χ0) is 14.3. The summed E-state index contributed by atoms with van der Waals surface area (Å²) in [5.74, 6) is 1.08. The molecule has 2 nitrogen and oxygen atoms in total. The van der Waals surface area contributed by atoms with E-state index < -0.39 is 0 Å². The zero-order valence-corrected chi connectivity index (χ0v) is 13.6. The van der Waals surface area contributed by atoms with Gasteiger partial charge in [0.05, 0.1) is 0 Å². The van der Waals surface area contributed by atoms with Gasteiger partial charge in [0.25, 0.3) is 0 Å². The summed E-state index contributed by atoms with van der Waals surface area (Å²) in [6.07, 6.45) is 9.28. The van der Waals surface area contributed by atoms with Crippen molar-refractivity contribution in [1.82, 2.24) is 5.32 Å². The van der Waals surface area contributed by atoms with E-state index in [0.717, 1.165) is 19.3 Å². The van der Waals surface area contributed by atoms with E-state index in [1.54, 1.807) is 0 Å². The molecule has 0 aromatic carbocycles. The van der Waals surface area contributed by atoms with Crippen molar-refractivity contribution in [3.63, 3.8) is 0 Å². The highest BCUT2D eigenvalue weighted by Gasteiger charge is 2.28. The van der Waals surface area contributed by atoms with Crippen LogP contribution in [0.15, 0.2) is 0 Å². The van der Waals surface area contributed by atoms with Crippen LogP contribution in [0.1, 0.15) is 72.1 Å². The second-order valence-electron chi connectivity index (χ2n) is 6.95. The Hall–Kier alpha value is -0.240. The lowest BCUT2D eigenvalue weighted by Gasteiger charge is -2.32. The molecule has 0 heterocycles. The first-order valence-corrected chi connectivity index (χ1v) is 8.35.